The summed E-state index contributed by atoms with van der Waals surface area (Å²) in [6.07, 6.45) is 3.47. The van der Waals surface area contributed by atoms with Crippen molar-refractivity contribution < 1.29 is 8.42 Å². The smallest absolute Gasteiger partial charge is 0.240 e. The average molecular weight is 306 g/mol. The van der Waals surface area contributed by atoms with E-state index in [0.29, 0.717) is 17.9 Å². The topological polar surface area (TPSA) is 88.3 Å². The van der Waals surface area contributed by atoms with Gasteiger partial charge in [-0.15, -0.1) is 0 Å². The lowest BCUT2D eigenvalue weighted by Crippen LogP contribution is -2.21. The molecule has 1 aromatic carbocycles. The molecule has 3 N–H and O–H groups in total. The molecule has 0 aliphatic heterocycles. The molecule has 21 heavy (non-hydrogen) atoms. The van der Waals surface area contributed by atoms with Gasteiger partial charge in [0.05, 0.1) is 16.3 Å². The number of sulfonamides is 1. The predicted octanol–water partition coefficient (Wildman–Crippen LogP) is 1.21. The zero-order valence-electron chi connectivity index (χ0n) is 11.9. The minimum Gasteiger partial charge on any atom is -0.397 e. The summed E-state index contributed by atoms with van der Waals surface area (Å²) in [6.45, 7) is 0.584. The van der Waals surface area contributed by atoms with E-state index in [4.69, 9.17) is 5.73 Å². The first kappa shape index (κ1) is 15.3. The van der Waals surface area contributed by atoms with Crippen LogP contribution in [0.25, 0.3) is 0 Å². The molecule has 0 atom stereocenters. The van der Waals surface area contributed by atoms with Gasteiger partial charge >= 0.3 is 0 Å². The normalized spacial score (nSPS) is 11.3. The second kappa shape index (κ2) is 6.11. The van der Waals surface area contributed by atoms with Gasteiger partial charge in [0.2, 0.25) is 10.0 Å². The Morgan fingerprint density at radius 3 is 2.71 bits per heavy atom. The lowest BCUT2D eigenvalue weighted by molar-refractivity contribution is 0.588. The van der Waals surface area contributed by atoms with Crippen LogP contribution in [0.1, 0.15) is 5.56 Å². The number of hydrogen-bond donors (Lipinski definition) is 2. The molecule has 0 radical (unpaired) electrons. The summed E-state index contributed by atoms with van der Waals surface area (Å²) < 4.78 is 26.0. The molecule has 0 amide bonds. The second-order valence-electron chi connectivity index (χ2n) is 4.65. The van der Waals surface area contributed by atoms with Gasteiger partial charge in [0, 0.05) is 26.0 Å². The maximum Gasteiger partial charge on any atom is 0.240 e. The zero-order valence-corrected chi connectivity index (χ0v) is 12.8. The predicted molar refractivity (Wildman–Crippen MR) is 83.4 cm³/mol. The molecule has 1 aromatic heterocycles. The van der Waals surface area contributed by atoms with E-state index in [9.17, 15) is 8.42 Å². The summed E-state index contributed by atoms with van der Waals surface area (Å²) in [7, 11) is -0.253. The SMILES string of the molecule is CNS(=O)(=O)c1ccc(N)c(N(C)Cc2cccnc2)c1. The molecule has 0 spiro atoms. The number of nitrogens with zero attached hydrogens (tertiary/aromatic N) is 2. The number of nitrogens with two attached hydrogens (primary N) is 1. The lowest BCUT2D eigenvalue weighted by atomic mass is 10.2. The minimum atomic E-state index is -3.49. The fourth-order valence-electron chi connectivity index (χ4n) is 1.99. The summed E-state index contributed by atoms with van der Waals surface area (Å²) in [5.41, 5.74) is 8.16. The molecule has 7 heteroatoms. The maximum absolute atomic E-state index is 11.9. The third-order valence-corrected chi connectivity index (χ3v) is 4.55. The zero-order chi connectivity index (χ0) is 15.5. The number of nitrogens with one attached hydrogen (secondary N) is 1. The van der Waals surface area contributed by atoms with Crippen molar-refractivity contribution in [2.75, 3.05) is 24.7 Å². The van der Waals surface area contributed by atoms with E-state index in [1.54, 1.807) is 24.5 Å². The molecular weight excluding hydrogens is 288 g/mol. The van der Waals surface area contributed by atoms with Crippen LogP contribution in [0.3, 0.4) is 0 Å². The molecule has 0 bridgehead atoms. The summed E-state index contributed by atoms with van der Waals surface area (Å²) in [5.74, 6) is 0. The van der Waals surface area contributed by atoms with Gasteiger partial charge in [-0.25, -0.2) is 13.1 Å². The first-order valence-electron chi connectivity index (χ1n) is 6.37. The monoisotopic (exact) mass is 306 g/mol. The van der Waals surface area contributed by atoms with E-state index >= 15 is 0 Å². The maximum atomic E-state index is 11.9. The lowest BCUT2D eigenvalue weighted by Gasteiger charge is -2.21. The molecule has 1 heterocycles. The van der Waals surface area contributed by atoms with Gasteiger partial charge in [-0.05, 0) is 36.9 Å². The van der Waals surface area contributed by atoms with Crippen molar-refractivity contribution in [1.82, 2.24) is 9.71 Å². The quantitative estimate of drug-likeness (QED) is 0.811. The Balaban J connectivity index is 2.32. The van der Waals surface area contributed by atoms with E-state index in [1.807, 2.05) is 24.1 Å². The van der Waals surface area contributed by atoms with E-state index in [-0.39, 0.29) is 4.90 Å². The van der Waals surface area contributed by atoms with Gasteiger partial charge in [-0.2, -0.15) is 0 Å². The first-order chi connectivity index (χ1) is 9.94. The fraction of sp³-hybridized carbons (Fsp3) is 0.214. The number of benzene rings is 1. The van der Waals surface area contributed by atoms with Gasteiger partial charge < -0.3 is 10.6 Å². The molecular formula is C14H18N4O2S. The minimum absolute atomic E-state index is 0.187. The van der Waals surface area contributed by atoms with Crippen molar-refractivity contribution in [1.29, 1.82) is 0 Å². The average Bonchev–Trinajstić information content (AvgIpc) is 2.48. The summed E-state index contributed by atoms with van der Waals surface area (Å²) in [6, 6.07) is 8.46. The van der Waals surface area contributed by atoms with Gasteiger partial charge in [-0.3, -0.25) is 4.98 Å². The van der Waals surface area contributed by atoms with E-state index in [0.717, 1.165) is 5.56 Å². The van der Waals surface area contributed by atoms with Crippen LogP contribution in [-0.4, -0.2) is 27.5 Å². The van der Waals surface area contributed by atoms with Crippen molar-refractivity contribution in [3.05, 3.63) is 48.3 Å². The Morgan fingerprint density at radius 2 is 2.10 bits per heavy atom. The molecule has 0 saturated carbocycles. The molecule has 0 aliphatic rings. The molecule has 2 aromatic rings. The van der Waals surface area contributed by atoms with Crippen LogP contribution in [0.15, 0.2) is 47.6 Å². The fourth-order valence-corrected chi connectivity index (χ4v) is 2.74. The highest BCUT2D eigenvalue weighted by molar-refractivity contribution is 7.89. The van der Waals surface area contributed by atoms with Crippen LogP contribution < -0.4 is 15.4 Å². The Kier molecular flexibility index (Phi) is 4.44. The largest absolute Gasteiger partial charge is 0.397 e. The van der Waals surface area contributed by atoms with Crippen LogP contribution in [0.5, 0.6) is 0 Å². The molecule has 0 fully saturated rings. The number of rotatable bonds is 5. The van der Waals surface area contributed by atoms with Crippen LogP contribution in [0.2, 0.25) is 0 Å². The van der Waals surface area contributed by atoms with Crippen molar-refractivity contribution in [3.63, 3.8) is 0 Å². The van der Waals surface area contributed by atoms with E-state index < -0.39 is 10.0 Å². The Hall–Kier alpha value is -2.12. The molecule has 0 aliphatic carbocycles. The summed E-state index contributed by atoms with van der Waals surface area (Å²) in [4.78, 5) is 6.14. The Morgan fingerprint density at radius 1 is 1.33 bits per heavy atom. The number of anilines is 2. The molecule has 112 valence electrons. The van der Waals surface area contributed by atoms with Crippen molar-refractivity contribution in [2.24, 2.45) is 0 Å². The first-order valence-corrected chi connectivity index (χ1v) is 7.85. The van der Waals surface area contributed by atoms with E-state index in [1.165, 1.54) is 13.1 Å². The highest BCUT2D eigenvalue weighted by Gasteiger charge is 2.15. The third-order valence-electron chi connectivity index (χ3n) is 3.13. The van der Waals surface area contributed by atoms with Crippen LogP contribution in [-0.2, 0) is 16.6 Å². The van der Waals surface area contributed by atoms with Gasteiger partial charge in [-0.1, -0.05) is 6.07 Å². The summed E-state index contributed by atoms with van der Waals surface area (Å²) in [5, 5.41) is 0. The second-order valence-corrected chi connectivity index (χ2v) is 6.53. The van der Waals surface area contributed by atoms with Crippen LogP contribution >= 0.6 is 0 Å². The molecule has 0 saturated heterocycles. The molecule has 0 unspecified atom stereocenters. The van der Waals surface area contributed by atoms with Gasteiger partial charge in [0.15, 0.2) is 0 Å². The number of pyridine rings is 1. The van der Waals surface area contributed by atoms with Crippen LogP contribution in [0.4, 0.5) is 11.4 Å². The van der Waals surface area contributed by atoms with Crippen LogP contribution in [0, 0.1) is 0 Å². The molecule has 6 nitrogen and oxygen atoms in total. The van der Waals surface area contributed by atoms with Crippen molar-refractivity contribution >= 4 is 21.4 Å². The van der Waals surface area contributed by atoms with E-state index in [2.05, 4.69) is 9.71 Å². The molecule has 2 rings (SSSR count). The Labute approximate surface area is 124 Å². The highest BCUT2D eigenvalue weighted by atomic mass is 32.2. The summed E-state index contributed by atoms with van der Waals surface area (Å²) >= 11 is 0. The number of nitrogen functional groups attached to an aromatic ring is 1. The van der Waals surface area contributed by atoms with Crippen molar-refractivity contribution in [2.45, 2.75) is 11.4 Å². The Bertz CT molecular complexity index is 717. The number of hydrogen-bond acceptors (Lipinski definition) is 5. The van der Waals surface area contributed by atoms with Gasteiger partial charge in [0.1, 0.15) is 0 Å². The standard InChI is InChI=1S/C14H18N4O2S/c1-16-21(19,20)12-5-6-13(15)14(8-12)18(2)10-11-4-3-7-17-9-11/h3-9,16H,10,15H2,1-2H3. The van der Waals surface area contributed by atoms with Crippen molar-refractivity contribution in [3.8, 4) is 0 Å². The highest BCUT2D eigenvalue weighted by Crippen LogP contribution is 2.26. The third kappa shape index (κ3) is 3.50. The van der Waals surface area contributed by atoms with Gasteiger partial charge in [0.25, 0.3) is 0 Å². The number of aromatic nitrogens is 1.